The van der Waals surface area contributed by atoms with E-state index in [-0.39, 0.29) is 11.8 Å². The second-order valence-electron chi connectivity index (χ2n) is 5.99. The van der Waals surface area contributed by atoms with Crippen LogP contribution in [0.2, 0.25) is 0 Å². The Morgan fingerprint density at radius 1 is 1.14 bits per heavy atom. The van der Waals surface area contributed by atoms with Gasteiger partial charge in [-0.25, -0.2) is 0 Å². The summed E-state index contributed by atoms with van der Waals surface area (Å²) in [6.45, 7) is 3.69. The minimum Gasteiger partial charge on any atom is -0.353 e. The molecule has 2 atom stereocenters. The Balaban J connectivity index is 1.85. The Bertz CT molecular complexity index is 496. The van der Waals surface area contributed by atoms with Crippen molar-refractivity contribution in [2.75, 3.05) is 5.32 Å². The standard InChI is InChI=1S/C17H24N2O2/c1-12-5-3-4-6-16(12)19-17(21)11-14-7-9-15(10-8-14)18-13(2)20/h7-10,12,16H,3-6,11H2,1-2H3,(H,18,20)(H,19,21)/t12-,16+/m0/s1. The van der Waals surface area contributed by atoms with Crippen molar-refractivity contribution in [1.82, 2.24) is 5.32 Å². The van der Waals surface area contributed by atoms with Crippen molar-refractivity contribution in [3.63, 3.8) is 0 Å². The molecule has 21 heavy (non-hydrogen) atoms. The van der Waals surface area contributed by atoms with Crippen molar-refractivity contribution in [3.8, 4) is 0 Å². The van der Waals surface area contributed by atoms with Gasteiger partial charge in [0.1, 0.15) is 0 Å². The highest BCUT2D eigenvalue weighted by Crippen LogP contribution is 2.23. The van der Waals surface area contributed by atoms with Gasteiger partial charge < -0.3 is 10.6 Å². The van der Waals surface area contributed by atoms with E-state index in [0.717, 1.165) is 17.7 Å². The fourth-order valence-electron chi connectivity index (χ4n) is 2.88. The van der Waals surface area contributed by atoms with Crippen molar-refractivity contribution in [1.29, 1.82) is 0 Å². The maximum atomic E-state index is 12.1. The third-order valence-electron chi connectivity index (χ3n) is 4.10. The van der Waals surface area contributed by atoms with Crippen LogP contribution in [0.25, 0.3) is 0 Å². The second-order valence-corrected chi connectivity index (χ2v) is 5.99. The molecule has 1 aromatic rings. The highest BCUT2D eigenvalue weighted by Gasteiger charge is 2.22. The summed E-state index contributed by atoms with van der Waals surface area (Å²) in [7, 11) is 0. The quantitative estimate of drug-likeness (QED) is 0.895. The summed E-state index contributed by atoms with van der Waals surface area (Å²) in [4.78, 5) is 23.1. The van der Waals surface area contributed by atoms with Gasteiger partial charge >= 0.3 is 0 Å². The number of hydrogen-bond donors (Lipinski definition) is 2. The topological polar surface area (TPSA) is 58.2 Å². The van der Waals surface area contributed by atoms with Crippen molar-refractivity contribution >= 4 is 17.5 Å². The molecule has 1 aliphatic carbocycles. The molecule has 1 aromatic carbocycles. The van der Waals surface area contributed by atoms with Gasteiger partial charge in [0.2, 0.25) is 11.8 Å². The Morgan fingerprint density at radius 3 is 2.43 bits per heavy atom. The smallest absolute Gasteiger partial charge is 0.224 e. The van der Waals surface area contributed by atoms with E-state index >= 15 is 0 Å². The van der Waals surface area contributed by atoms with Gasteiger partial charge in [0.25, 0.3) is 0 Å². The zero-order valence-electron chi connectivity index (χ0n) is 12.8. The summed E-state index contributed by atoms with van der Waals surface area (Å²) in [6, 6.07) is 7.75. The third-order valence-corrected chi connectivity index (χ3v) is 4.10. The van der Waals surface area contributed by atoms with Crippen LogP contribution < -0.4 is 10.6 Å². The van der Waals surface area contributed by atoms with Crippen LogP contribution in [0, 0.1) is 5.92 Å². The van der Waals surface area contributed by atoms with E-state index in [1.165, 1.54) is 26.2 Å². The van der Waals surface area contributed by atoms with Crippen molar-refractivity contribution in [3.05, 3.63) is 29.8 Å². The number of hydrogen-bond acceptors (Lipinski definition) is 2. The third kappa shape index (κ3) is 4.88. The minimum absolute atomic E-state index is 0.0843. The van der Waals surface area contributed by atoms with Gasteiger partial charge in [0, 0.05) is 18.7 Å². The van der Waals surface area contributed by atoms with E-state index < -0.39 is 0 Å². The molecule has 2 rings (SSSR count). The maximum Gasteiger partial charge on any atom is 0.224 e. The van der Waals surface area contributed by atoms with Gasteiger partial charge in [-0.1, -0.05) is 31.9 Å². The van der Waals surface area contributed by atoms with Crippen molar-refractivity contribution in [2.24, 2.45) is 5.92 Å². The molecule has 0 heterocycles. The van der Waals surface area contributed by atoms with E-state index in [1.54, 1.807) is 0 Å². The number of carbonyl (C=O) groups excluding carboxylic acids is 2. The average molecular weight is 288 g/mol. The molecular weight excluding hydrogens is 264 g/mol. The van der Waals surface area contributed by atoms with Crippen LogP contribution in [0.3, 0.4) is 0 Å². The molecule has 0 radical (unpaired) electrons. The Morgan fingerprint density at radius 2 is 1.81 bits per heavy atom. The van der Waals surface area contributed by atoms with Gasteiger partial charge in [-0.3, -0.25) is 9.59 Å². The minimum atomic E-state index is -0.0909. The van der Waals surface area contributed by atoms with Crippen LogP contribution >= 0.6 is 0 Å². The normalized spacial score (nSPS) is 21.6. The first-order valence-corrected chi connectivity index (χ1v) is 7.70. The van der Waals surface area contributed by atoms with Gasteiger partial charge in [-0.2, -0.15) is 0 Å². The molecule has 0 bridgehead atoms. The molecule has 0 aliphatic heterocycles. The summed E-state index contributed by atoms with van der Waals surface area (Å²) < 4.78 is 0. The fourth-order valence-corrected chi connectivity index (χ4v) is 2.88. The summed E-state index contributed by atoms with van der Waals surface area (Å²) in [6.07, 6.45) is 5.17. The SMILES string of the molecule is CC(=O)Nc1ccc(CC(=O)N[C@@H]2CCCC[C@@H]2C)cc1. The highest BCUT2D eigenvalue weighted by atomic mass is 16.2. The first kappa shape index (κ1) is 15.5. The van der Waals surface area contributed by atoms with Crippen LogP contribution in [0.1, 0.15) is 45.1 Å². The number of anilines is 1. The molecule has 0 spiro atoms. The Labute approximate surface area is 126 Å². The zero-order chi connectivity index (χ0) is 15.2. The molecule has 0 saturated heterocycles. The van der Waals surface area contributed by atoms with Crippen LogP contribution in [-0.4, -0.2) is 17.9 Å². The number of rotatable bonds is 4. The molecule has 1 fully saturated rings. The molecule has 4 nitrogen and oxygen atoms in total. The van der Waals surface area contributed by atoms with Crippen LogP contribution in [0.5, 0.6) is 0 Å². The predicted octanol–water partition coefficient (Wildman–Crippen LogP) is 2.88. The fraction of sp³-hybridized carbons (Fsp3) is 0.529. The predicted molar refractivity (Wildman–Crippen MR) is 84.0 cm³/mol. The molecule has 1 aliphatic rings. The average Bonchev–Trinajstić information content (AvgIpc) is 2.43. The monoisotopic (exact) mass is 288 g/mol. The van der Waals surface area contributed by atoms with E-state index in [0.29, 0.717) is 18.4 Å². The lowest BCUT2D eigenvalue weighted by Crippen LogP contribution is -2.41. The van der Waals surface area contributed by atoms with Gasteiger partial charge in [0.15, 0.2) is 0 Å². The summed E-state index contributed by atoms with van der Waals surface area (Å²) >= 11 is 0. The lowest BCUT2D eigenvalue weighted by Gasteiger charge is -2.29. The largest absolute Gasteiger partial charge is 0.353 e. The molecule has 114 valence electrons. The van der Waals surface area contributed by atoms with Gasteiger partial charge in [-0.15, -0.1) is 0 Å². The highest BCUT2D eigenvalue weighted by molar-refractivity contribution is 5.88. The van der Waals surface area contributed by atoms with E-state index in [1.807, 2.05) is 24.3 Å². The lowest BCUT2D eigenvalue weighted by molar-refractivity contribution is -0.121. The van der Waals surface area contributed by atoms with E-state index in [2.05, 4.69) is 17.6 Å². The van der Waals surface area contributed by atoms with E-state index in [4.69, 9.17) is 0 Å². The molecule has 4 heteroatoms. The lowest BCUT2D eigenvalue weighted by atomic mass is 9.86. The van der Waals surface area contributed by atoms with Gasteiger partial charge in [-0.05, 0) is 36.5 Å². The van der Waals surface area contributed by atoms with Crippen molar-refractivity contribution < 1.29 is 9.59 Å². The second kappa shape index (κ2) is 7.25. The number of nitrogens with one attached hydrogen (secondary N) is 2. The zero-order valence-corrected chi connectivity index (χ0v) is 12.8. The molecule has 1 saturated carbocycles. The molecular formula is C17H24N2O2. The first-order chi connectivity index (χ1) is 10.0. The van der Waals surface area contributed by atoms with Crippen LogP contribution in [0.15, 0.2) is 24.3 Å². The molecule has 0 aromatic heterocycles. The van der Waals surface area contributed by atoms with Crippen LogP contribution in [-0.2, 0) is 16.0 Å². The Kier molecular flexibility index (Phi) is 5.37. The number of amides is 2. The molecule has 2 N–H and O–H groups in total. The molecule has 2 amide bonds. The maximum absolute atomic E-state index is 12.1. The summed E-state index contributed by atoms with van der Waals surface area (Å²) in [5.74, 6) is 0.567. The van der Waals surface area contributed by atoms with Gasteiger partial charge in [0.05, 0.1) is 6.42 Å². The van der Waals surface area contributed by atoms with Crippen molar-refractivity contribution in [2.45, 2.75) is 52.0 Å². The molecule has 0 unspecified atom stereocenters. The van der Waals surface area contributed by atoms with E-state index in [9.17, 15) is 9.59 Å². The number of benzene rings is 1. The number of carbonyl (C=O) groups is 2. The Hall–Kier alpha value is -1.84. The summed E-state index contributed by atoms with van der Waals surface area (Å²) in [5, 5.41) is 5.87. The van der Waals surface area contributed by atoms with Crippen LogP contribution in [0.4, 0.5) is 5.69 Å². The summed E-state index contributed by atoms with van der Waals surface area (Å²) in [5.41, 5.74) is 1.72. The first-order valence-electron chi connectivity index (χ1n) is 7.70.